The molecule has 1 aliphatic heterocycles. The Bertz CT molecular complexity index is 696. The zero-order chi connectivity index (χ0) is 20.7. The average Bonchev–Trinajstić information content (AvgIpc) is 2.68. The second kappa shape index (κ2) is 10.4. The third kappa shape index (κ3) is 5.41. The molecule has 8 heteroatoms. The minimum atomic E-state index is -0.160. The van der Waals surface area contributed by atoms with Gasteiger partial charge in [0, 0.05) is 25.7 Å². The van der Waals surface area contributed by atoms with Crippen molar-refractivity contribution in [2.75, 3.05) is 33.9 Å². The molecule has 2 rings (SSSR count). The van der Waals surface area contributed by atoms with Gasteiger partial charge < -0.3 is 30.3 Å². The highest BCUT2D eigenvalue weighted by Gasteiger charge is 2.32. The molecule has 7 nitrogen and oxygen atoms in total. The number of carbonyl (C=O) groups excluding carboxylic acids is 1. The van der Waals surface area contributed by atoms with Crippen molar-refractivity contribution in [2.24, 2.45) is 0 Å². The summed E-state index contributed by atoms with van der Waals surface area (Å²) in [5, 5.41) is 10.0. The predicted octanol–water partition coefficient (Wildman–Crippen LogP) is 2.60. The van der Waals surface area contributed by atoms with Crippen molar-refractivity contribution in [2.45, 2.75) is 45.7 Å². The highest BCUT2D eigenvalue weighted by molar-refractivity contribution is 7.80. The first-order valence-electron chi connectivity index (χ1n) is 9.74. The largest absolute Gasteiger partial charge is 0.493 e. The number of fused-ring (bicyclic) bond motifs is 1. The summed E-state index contributed by atoms with van der Waals surface area (Å²) in [4.78, 5) is 14.6. The van der Waals surface area contributed by atoms with E-state index in [0.717, 1.165) is 24.0 Å². The SMILES string of the molecule is CCCNC(=O)N1CCc2cc(OC)c(OC)cc2C1CNC(=S)NC(C)C. The van der Waals surface area contributed by atoms with Crippen molar-refractivity contribution in [3.05, 3.63) is 23.3 Å². The van der Waals surface area contributed by atoms with E-state index >= 15 is 0 Å². The molecule has 0 saturated carbocycles. The fraction of sp³-hybridized carbons (Fsp3) is 0.600. The quantitative estimate of drug-likeness (QED) is 0.602. The third-order valence-electron chi connectivity index (χ3n) is 4.67. The van der Waals surface area contributed by atoms with Crippen molar-refractivity contribution in [1.82, 2.24) is 20.9 Å². The second-order valence-corrected chi connectivity index (χ2v) is 7.51. The van der Waals surface area contributed by atoms with E-state index in [4.69, 9.17) is 21.7 Å². The zero-order valence-corrected chi connectivity index (χ0v) is 18.2. The highest BCUT2D eigenvalue weighted by Crippen LogP contribution is 2.37. The Labute approximate surface area is 173 Å². The van der Waals surface area contributed by atoms with Crippen LogP contribution in [-0.2, 0) is 6.42 Å². The third-order valence-corrected chi connectivity index (χ3v) is 4.93. The molecule has 0 aromatic heterocycles. The van der Waals surface area contributed by atoms with Crippen LogP contribution in [0, 0.1) is 0 Å². The fourth-order valence-electron chi connectivity index (χ4n) is 3.33. The lowest BCUT2D eigenvalue weighted by molar-refractivity contribution is 0.169. The number of hydrogen-bond donors (Lipinski definition) is 3. The van der Waals surface area contributed by atoms with Crippen LogP contribution in [0.2, 0.25) is 0 Å². The topological polar surface area (TPSA) is 74.9 Å². The highest BCUT2D eigenvalue weighted by atomic mass is 32.1. The summed E-state index contributed by atoms with van der Waals surface area (Å²) in [6, 6.07) is 4.00. The molecule has 1 heterocycles. The molecule has 1 atom stereocenters. The van der Waals surface area contributed by atoms with Crippen LogP contribution >= 0.6 is 12.2 Å². The number of ether oxygens (including phenoxy) is 2. The lowest BCUT2D eigenvalue weighted by Crippen LogP contribution is -2.50. The van der Waals surface area contributed by atoms with Crippen LogP contribution in [-0.4, -0.2) is 55.9 Å². The Kier molecular flexibility index (Phi) is 8.17. The number of urea groups is 1. The van der Waals surface area contributed by atoms with E-state index in [1.165, 1.54) is 0 Å². The van der Waals surface area contributed by atoms with E-state index < -0.39 is 0 Å². The van der Waals surface area contributed by atoms with Gasteiger partial charge in [-0.1, -0.05) is 6.92 Å². The first-order chi connectivity index (χ1) is 13.4. The Morgan fingerprint density at radius 3 is 2.54 bits per heavy atom. The Hall–Kier alpha value is -2.22. The van der Waals surface area contributed by atoms with Crippen LogP contribution in [0.4, 0.5) is 4.79 Å². The molecule has 2 amide bonds. The van der Waals surface area contributed by atoms with Gasteiger partial charge in [0.15, 0.2) is 16.6 Å². The van der Waals surface area contributed by atoms with Gasteiger partial charge >= 0.3 is 6.03 Å². The second-order valence-electron chi connectivity index (χ2n) is 7.11. The molecule has 1 aromatic rings. The van der Waals surface area contributed by atoms with Crippen molar-refractivity contribution in [1.29, 1.82) is 0 Å². The van der Waals surface area contributed by atoms with Crippen LogP contribution in [0.15, 0.2) is 12.1 Å². The molecule has 0 radical (unpaired) electrons. The Morgan fingerprint density at radius 2 is 1.93 bits per heavy atom. The molecule has 0 spiro atoms. The van der Waals surface area contributed by atoms with Crippen molar-refractivity contribution < 1.29 is 14.3 Å². The Morgan fingerprint density at radius 1 is 1.25 bits per heavy atom. The smallest absolute Gasteiger partial charge is 0.317 e. The molecule has 0 aliphatic carbocycles. The first-order valence-corrected chi connectivity index (χ1v) is 10.2. The van der Waals surface area contributed by atoms with Gasteiger partial charge in [0.05, 0.1) is 20.3 Å². The summed E-state index contributed by atoms with van der Waals surface area (Å²) in [6.07, 6.45) is 1.66. The lowest BCUT2D eigenvalue weighted by atomic mass is 9.92. The Balaban J connectivity index is 2.31. The van der Waals surface area contributed by atoms with Gasteiger partial charge in [-0.2, -0.15) is 0 Å². The summed E-state index contributed by atoms with van der Waals surface area (Å²) in [5.74, 6) is 1.36. The van der Waals surface area contributed by atoms with Gasteiger partial charge in [-0.15, -0.1) is 0 Å². The van der Waals surface area contributed by atoms with Gasteiger partial charge in [-0.3, -0.25) is 0 Å². The molecule has 28 heavy (non-hydrogen) atoms. The minimum absolute atomic E-state index is 0.0585. The maximum atomic E-state index is 12.8. The standard InChI is InChI=1S/C20H32N4O3S/c1-6-8-21-20(25)24-9-7-14-10-17(26-4)18(27-5)11-15(14)16(24)12-22-19(28)23-13(2)3/h10-11,13,16H,6-9,12H2,1-5H3,(H,21,25)(H2,22,23,28). The maximum Gasteiger partial charge on any atom is 0.317 e. The number of nitrogens with one attached hydrogen (secondary N) is 3. The summed E-state index contributed by atoms with van der Waals surface area (Å²) in [5.41, 5.74) is 2.21. The minimum Gasteiger partial charge on any atom is -0.493 e. The van der Waals surface area contributed by atoms with E-state index in [1.54, 1.807) is 14.2 Å². The summed E-state index contributed by atoms with van der Waals surface area (Å²) < 4.78 is 10.9. The van der Waals surface area contributed by atoms with Crippen LogP contribution in [0.1, 0.15) is 44.4 Å². The molecule has 0 bridgehead atoms. The number of thiocarbonyl (C=S) groups is 1. The molecule has 1 aliphatic rings. The fourth-order valence-corrected chi connectivity index (χ4v) is 3.65. The van der Waals surface area contributed by atoms with Crippen LogP contribution in [0.25, 0.3) is 0 Å². The van der Waals surface area contributed by atoms with Crippen molar-refractivity contribution >= 4 is 23.4 Å². The van der Waals surface area contributed by atoms with E-state index in [0.29, 0.717) is 36.2 Å². The number of rotatable bonds is 7. The number of benzene rings is 1. The van der Waals surface area contributed by atoms with Crippen LogP contribution < -0.4 is 25.4 Å². The molecular formula is C20H32N4O3S. The van der Waals surface area contributed by atoms with Gasteiger partial charge in [0.1, 0.15) is 0 Å². The number of hydrogen-bond acceptors (Lipinski definition) is 4. The van der Waals surface area contributed by atoms with Crippen molar-refractivity contribution in [3.8, 4) is 11.5 Å². The maximum absolute atomic E-state index is 12.8. The number of amides is 2. The van der Waals surface area contributed by atoms with Crippen LogP contribution in [0.3, 0.4) is 0 Å². The lowest BCUT2D eigenvalue weighted by Gasteiger charge is -2.38. The molecule has 156 valence electrons. The van der Waals surface area contributed by atoms with Gasteiger partial charge in [-0.05, 0) is 62.2 Å². The zero-order valence-electron chi connectivity index (χ0n) is 17.4. The summed E-state index contributed by atoms with van der Waals surface area (Å²) in [6.45, 7) is 7.91. The normalized spacial score (nSPS) is 15.6. The molecule has 0 saturated heterocycles. The first kappa shape index (κ1) is 22.1. The molecule has 1 aromatic carbocycles. The number of methoxy groups -OCH3 is 2. The van der Waals surface area contributed by atoms with E-state index in [2.05, 4.69) is 16.0 Å². The number of nitrogens with zero attached hydrogens (tertiary/aromatic N) is 1. The van der Waals surface area contributed by atoms with Gasteiger partial charge in [0.25, 0.3) is 0 Å². The number of carbonyl (C=O) groups is 1. The van der Waals surface area contributed by atoms with Crippen LogP contribution in [0.5, 0.6) is 11.5 Å². The van der Waals surface area contributed by atoms with Gasteiger partial charge in [0.2, 0.25) is 0 Å². The molecule has 3 N–H and O–H groups in total. The van der Waals surface area contributed by atoms with E-state index in [1.807, 2.05) is 37.8 Å². The molecular weight excluding hydrogens is 376 g/mol. The summed E-state index contributed by atoms with van der Waals surface area (Å²) in [7, 11) is 3.25. The average molecular weight is 409 g/mol. The molecule has 1 unspecified atom stereocenters. The van der Waals surface area contributed by atoms with Gasteiger partial charge in [-0.25, -0.2) is 4.79 Å². The monoisotopic (exact) mass is 408 g/mol. The summed E-state index contributed by atoms with van der Waals surface area (Å²) >= 11 is 5.37. The van der Waals surface area contributed by atoms with E-state index in [-0.39, 0.29) is 18.1 Å². The predicted molar refractivity (Wildman–Crippen MR) is 115 cm³/mol. The van der Waals surface area contributed by atoms with Crippen molar-refractivity contribution in [3.63, 3.8) is 0 Å². The molecule has 0 fully saturated rings. The van der Waals surface area contributed by atoms with E-state index in [9.17, 15) is 4.79 Å².